The number of aliphatic hydroxyl groups excluding tert-OH is 1. The first-order chi connectivity index (χ1) is 16.0. The van der Waals surface area contributed by atoms with Crippen molar-refractivity contribution >= 4 is 24.0 Å². The zero-order chi connectivity index (χ0) is 25.1. The van der Waals surface area contributed by atoms with Crippen LogP contribution in [0.1, 0.15) is 59.8 Å². The predicted octanol–water partition coefficient (Wildman–Crippen LogP) is 1.46. The quantitative estimate of drug-likeness (QED) is 0.411. The summed E-state index contributed by atoms with van der Waals surface area (Å²) in [6.45, 7) is 7.17. The Balaban J connectivity index is 1.84. The lowest BCUT2D eigenvalue weighted by Gasteiger charge is -2.32. The average Bonchev–Trinajstić information content (AvgIpc) is 3.28. The van der Waals surface area contributed by atoms with Crippen LogP contribution in [0.15, 0.2) is 12.2 Å². The number of hydrazine groups is 1. The number of hydrogen-bond acceptors (Lipinski definition) is 7. The van der Waals surface area contributed by atoms with Gasteiger partial charge in [-0.05, 0) is 53.4 Å². The molecule has 4 atom stereocenters. The number of hydrogen-bond donors (Lipinski definition) is 3. The molecular weight excluding hydrogens is 444 g/mol. The largest absolute Gasteiger partial charge is 0.464 e. The second-order valence-electron chi connectivity index (χ2n) is 10.0. The lowest BCUT2D eigenvalue weighted by atomic mass is 10.1. The summed E-state index contributed by atoms with van der Waals surface area (Å²) in [5.74, 6) is -1.22. The number of rotatable bonds is 3. The fourth-order valence-electron chi connectivity index (χ4n) is 4.34. The number of ether oxygens (including phenoxy) is 2. The van der Waals surface area contributed by atoms with Gasteiger partial charge in [0.15, 0.2) is 0 Å². The van der Waals surface area contributed by atoms with Crippen molar-refractivity contribution in [3.05, 3.63) is 12.2 Å². The average molecular weight is 481 g/mol. The number of carbonyl (C=O) groups excluding carboxylic acids is 4. The number of carbonyl (C=O) groups is 4. The van der Waals surface area contributed by atoms with Gasteiger partial charge in [0.1, 0.15) is 17.2 Å². The van der Waals surface area contributed by atoms with Crippen molar-refractivity contribution in [3.63, 3.8) is 0 Å². The minimum Gasteiger partial charge on any atom is -0.464 e. The molecule has 3 rings (SSSR count). The molecule has 1 aliphatic carbocycles. The first-order valence-corrected chi connectivity index (χ1v) is 11.9. The summed E-state index contributed by atoms with van der Waals surface area (Å²) in [7, 11) is 0. The first-order valence-electron chi connectivity index (χ1n) is 11.9. The van der Waals surface area contributed by atoms with Crippen molar-refractivity contribution < 1.29 is 33.8 Å². The van der Waals surface area contributed by atoms with Crippen LogP contribution in [-0.4, -0.2) is 82.0 Å². The van der Waals surface area contributed by atoms with Gasteiger partial charge in [0.05, 0.1) is 12.7 Å². The molecule has 190 valence electrons. The number of nitrogens with zero attached hydrogens (tertiary/aromatic N) is 2. The number of fused-ring (bicyclic) bond motifs is 2. The summed E-state index contributed by atoms with van der Waals surface area (Å²) in [5.41, 5.74) is 0.565. The van der Waals surface area contributed by atoms with E-state index in [4.69, 9.17) is 9.47 Å². The molecule has 0 aromatic heterocycles. The summed E-state index contributed by atoms with van der Waals surface area (Å²) in [6.07, 6.45) is 4.68. The molecule has 2 heterocycles. The van der Waals surface area contributed by atoms with Crippen LogP contribution in [0, 0.1) is 5.92 Å². The van der Waals surface area contributed by atoms with E-state index in [1.807, 2.05) is 12.2 Å². The molecule has 0 radical (unpaired) electrons. The van der Waals surface area contributed by atoms with Crippen LogP contribution in [0.3, 0.4) is 0 Å². The van der Waals surface area contributed by atoms with Gasteiger partial charge < -0.3 is 24.8 Å². The highest BCUT2D eigenvalue weighted by molar-refractivity contribution is 5.95. The molecule has 11 nitrogen and oxygen atoms in total. The van der Waals surface area contributed by atoms with Crippen LogP contribution in [0.2, 0.25) is 0 Å². The molecule has 0 unspecified atom stereocenters. The maximum Gasteiger partial charge on any atom is 0.426 e. The second kappa shape index (κ2) is 10.2. The van der Waals surface area contributed by atoms with Crippen LogP contribution in [-0.2, 0) is 19.1 Å². The highest BCUT2D eigenvalue weighted by Gasteiger charge is 2.62. The van der Waals surface area contributed by atoms with E-state index in [2.05, 4.69) is 10.7 Å². The van der Waals surface area contributed by atoms with Crippen molar-refractivity contribution in [1.82, 2.24) is 20.7 Å². The van der Waals surface area contributed by atoms with E-state index in [9.17, 15) is 24.3 Å². The normalized spacial score (nSPS) is 30.9. The van der Waals surface area contributed by atoms with Gasteiger partial charge in [-0.2, -0.15) is 0 Å². The zero-order valence-corrected chi connectivity index (χ0v) is 20.3. The molecule has 2 fully saturated rings. The Hall–Kier alpha value is -2.82. The van der Waals surface area contributed by atoms with E-state index in [0.717, 1.165) is 11.4 Å². The summed E-state index contributed by atoms with van der Waals surface area (Å²) in [5, 5.41) is 14.2. The molecule has 1 saturated heterocycles. The van der Waals surface area contributed by atoms with Gasteiger partial charge in [-0.25, -0.2) is 24.8 Å². The fourth-order valence-corrected chi connectivity index (χ4v) is 4.34. The third kappa shape index (κ3) is 5.99. The highest BCUT2D eigenvalue weighted by atomic mass is 16.6. The van der Waals surface area contributed by atoms with E-state index in [1.165, 1.54) is 4.90 Å². The molecule has 0 spiro atoms. The number of nitrogens with one attached hydrogen (secondary N) is 2. The van der Waals surface area contributed by atoms with Crippen molar-refractivity contribution in [3.8, 4) is 0 Å². The minimum absolute atomic E-state index is 0.0251. The van der Waals surface area contributed by atoms with E-state index >= 15 is 0 Å². The number of allylic oxidation sites excluding steroid dienone is 1. The molecule has 3 aliphatic rings. The summed E-state index contributed by atoms with van der Waals surface area (Å²) in [4.78, 5) is 52.9. The molecule has 0 bridgehead atoms. The molecule has 11 heteroatoms. The van der Waals surface area contributed by atoms with Crippen LogP contribution in [0.4, 0.5) is 9.59 Å². The fraction of sp³-hybridized carbons (Fsp3) is 0.739. The third-order valence-electron chi connectivity index (χ3n) is 6.05. The van der Waals surface area contributed by atoms with Crippen molar-refractivity contribution in [2.24, 2.45) is 5.92 Å². The molecule has 3 N–H and O–H groups in total. The Bertz CT molecular complexity index is 840. The van der Waals surface area contributed by atoms with E-state index in [0.29, 0.717) is 19.3 Å². The topological polar surface area (TPSA) is 138 Å². The van der Waals surface area contributed by atoms with Crippen molar-refractivity contribution in [2.45, 2.75) is 83.1 Å². The highest BCUT2D eigenvalue weighted by Crippen LogP contribution is 2.46. The maximum absolute atomic E-state index is 13.4. The minimum atomic E-state index is -1.16. The molecule has 4 amide bonds. The van der Waals surface area contributed by atoms with Gasteiger partial charge in [0.25, 0.3) is 0 Å². The summed E-state index contributed by atoms with van der Waals surface area (Å²) >= 11 is 0. The Kier molecular flexibility index (Phi) is 7.74. The van der Waals surface area contributed by atoms with Gasteiger partial charge in [-0.15, -0.1) is 0 Å². The zero-order valence-electron chi connectivity index (χ0n) is 20.3. The Labute approximate surface area is 199 Å². The van der Waals surface area contributed by atoms with E-state index < -0.39 is 47.3 Å². The van der Waals surface area contributed by atoms with Crippen LogP contribution < -0.4 is 10.7 Å². The maximum atomic E-state index is 13.4. The third-order valence-corrected chi connectivity index (χ3v) is 6.05. The lowest BCUT2D eigenvalue weighted by Crippen LogP contribution is -2.58. The van der Waals surface area contributed by atoms with Gasteiger partial charge in [-0.3, -0.25) is 4.79 Å². The molecule has 2 aliphatic heterocycles. The summed E-state index contributed by atoms with van der Waals surface area (Å²) in [6, 6.07) is -1.61. The van der Waals surface area contributed by atoms with Crippen LogP contribution in [0.5, 0.6) is 0 Å². The summed E-state index contributed by atoms with van der Waals surface area (Å²) < 4.78 is 10.5. The van der Waals surface area contributed by atoms with Crippen molar-refractivity contribution in [2.75, 3.05) is 19.7 Å². The van der Waals surface area contributed by atoms with Gasteiger partial charge >= 0.3 is 18.1 Å². The lowest BCUT2D eigenvalue weighted by molar-refractivity contribution is -0.149. The van der Waals surface area contributed by atoms with Gasteiger partial charge in [-0.1, -0.05) is 12.2 Å². The molecule has 0 aromatic rings. The smallest absolute Gasteiger partial charge is 0.426 e. The van der Waals surface area contributed by atoms with E-state index in [-0.39, 0.29) is 32.0 Å². The monoisotopic (exact) mass is 480 g/mol. The van der Waals surface area contributed by atoms with E-state index in [1.54, 1.807) is 27.7 Å². The SMILES string of the molecule is CCOC(=O)[C@@]12C[C@@H]1/C=C\CCCCN(NC(=O)OC(C)(C)C)C(=O)N1C[C@H](O)C[C@H]1C(=O)N2. The molecule has 0 aromatic carbocycles. The van der Waals surface area contributed by atoms with Crippen LogP contribution >= 0.6 is 0 Å². The standard InChI is InChI=1S/C23H36N4O7/c1-5-33-19(30)23-13-15(23)10-8-6-7-9-11-27(25-20(31)34-22(2,3)4)21(32)26-14-16(28)12-17(26)18(29)24-23/h8,10,15-17,28H,5-7,9,11-14H2,1-4H3,(H,24,29)(H,25,31)/b10-8-/t15-,16+,17-,23+/m0/s1. The molecular formula is C23H36N4O7. The Morgan fingerprint density at radius 1 is 1.29 bits per heavy atom. The first kappa shape index (κ1) is 25.8. The number of urea groups is 1. The van der Waals surface area contributed by atoms with Gasteiger partial charge in [0, 0.05) is 25.4 Å². The second-order valence-corrected chi connectivity index (χ2v) is 10.0. The predicted molar refractivity (Wildman–Crippen MR) is 121 cm³/mol. The Morgan fingerprint density at radius 2 is 2.03 bits per heavy atom. The van der Waals surface area contributed by atoms with Gasteiger partial charge in [0.2, 0.25) is 5.91 Å². The number of amides is 4. The molecule has 1 saturated carbocycles. The van der Waals surface area contributed by atoms with Crippen LogP contribution in [0.25, 0.3) is 0 Å². The molecule has 34 heavy (non-hydrogen) atoms. The van der Waals surface area contributed by atoms with Crippen molar-refractivity contribution in [1.29, 1.82) is 0 Å². The Morgan fingerprint density at radius 3 is 2.71 bits per heavy atom. The number of aliphatic hydroxyl groups is 1. The number of esters is 1.